The van der Waals surface area contributed by atoms with Gasteiger partial charge >= 0.3 is 5.91 Å². The van der Waals surface area contributed by atoms with Crippen molar-refractivity contribution in [2.24, 2.45) is 5.10 Å². The number of rotatable bonds is 3. The Morgan fingerprint density at radius 2 is 1.79 bits per heavy atom. The number of carbonyl (C=O) groups excluding carboxylic acids is 1. The van der Waals surface area contributed by atoms with E-state index in [9.17, 15) is 4.79 Å². The molecule has 0 aliphatic carbocycles. The van der Waals surface area contributed by atoms with Crippen molar-refractivity contribution in [1.29, 1.82) is 0 Å². The predicted octanol–water partition coefficient (Wildman–Crippen LogP) is 3.05. The Kier molecular flexibility index (Phi) is 3.80. The lowest BCUT2D eigenvalue weighted by Crippen LogP contribution is -2.18. The van der Waals surface area contributed by atoms with Crippen molar-refractivity contribution in [2.75, 3.05) is 0 Å². The van der Waals surface area contributed by atoms with Crippen LogP contribution in [0.3, 0.4) is 0 Å². The molecule has 2 rings (SSSR count). The Morgan fingerprint density at radius 3 is 2.37 bits per heavy atom. The summed E-state index contributed by atoms with van der Waals surface area (Å²) in [4.78, 5) is 11.7. The lowest BCUT2D eigenvalue weighted by molar-refractivity contribution is 0.0926. The Hall–Kier alpha value is -2.36. The molecule has 1 aromatic carbocycles. The fraction of sp³-hybridized carbons (Fsp3) is 0.200. The van der Waals surface area contributed by atoms with Crippen molar-refractivity contribution in [2.45, 2.75) is 20.8 Å². The van der Waals surface area contributed by atoms with E-state index in [2.05, 4.69) is 10.5 Å². The number of hydrazone groups is 1. The van der Waals surface area contributed by atoms with Gasteiger partial charge in [-0.15, -0.1) is 0 Å². The third kappa shape index (κ3) is 3.31. The summed E-state index contributed by atoms with van der Waals surface area (Å²) >= 11 is 0. The van der Waals surface area contributed by atoms with E-state index in [1.165, 1.54) is 5.56 Å². The molecule has 98 valence electrons. The molecule has 0 aliphatic heterocycles. The van der Waals surface area contributed by atoms with Gasteiger partial charge in [0.05, 0.1) is 5.71 Å². The Bertz CT molecular complexity index is 609. The van der Waals surface area contributed by atoms with Crippen LogP contribution >= 0.6 is 0 Å². The molecular weight excluding hydrogens is 240 g/mol. The summed E-state index contributed by atoms with van der Waals surface area (Å²) in [6.45, 7) is 5.66. The normalized spacial score (nSPS) is 11.4. The summed E-state index contributed by atoms with van der Waals surface area (Å²) in [5.74, 6) is 0.613. The number of aryl methyl sites for hydroxylation is 2. The predicted molar refractivity (Wildman–Crippen MR) is 74.3 cm³/mol. The van der Waals surface area contributed by atoms with E-state index in [1.54, 1.807) is 19.1 Å². The Balaban J connectivity index is 2.06. The minimum atomic E-state index is -0.348. The number of benzene rings is 1. The van der Waals surface area contributed by atoms with Gasteiger partial charge in [0.2, 0.25) is 0 Å². The molecule has 4 heteroatoms. The minimum Gasteiger partial charge on any atom is -0.456 e. The molecule has 1 amide bonds. The zero-order valence-corrected chi connectivity index (χ0v) is 11.2. The Morgan fingerprint density at radius 1 is 1.11 bits per heavy atom. The van der Waals surface area contributed by atoms with E-state index in [0.717, 1.165) is 11.3 Å². The second-order valence-corrected chi connectivity index (χ2v) is 4.41. The highest BCUT2D eigenvalue weighted by Gasteiger charge is 2.08. The van der Waals surface area contributed by atoms with Crippen LogP contribution in [-0.4, -0.2) is 11.6 Å². The van der Waals surface area contributed by atoms with Crippen molar-refractivity contribution >= 4 is 11.6 Å². The average Bonchev–Trinajstić information content (AvgIpc) is 2.83. The molecule has 0 saturated heterocycles. The van der Waals surface area contributed by atoms with Crippen molar-refractivity contribution in [1.82, 2.24) is 5.43 Å². The van der Waals surface area contributed by atoms with E-state index in [4.69, 9.17) is 4.42 Å². The smallest absolute Gasteiger partial charge is 0.307 e. The molecule has 1 heterocycles. The van der Waals surface area contributed by atoms with E-state index in [0.29, 0.717) is 5.76 Å². The number of hydrogen-bond donors (Lipinski definition) is 1. The first kappa shape index (κ1) is 13.1. The summed E-state index contributed by atoms with van der Waals surface area (Å²) in [5, 5.41) is 4.07. The van der Waals surface area contributed by atoms with Crippen LogP contribution in [0.25, 0.3) is 0 Å². The van der Waals surface area contributed by atoms with Crippen molar-refractivity contribution < 1.29 is 9.21 Å². The molecule has 0 spiro atoms. The van der Waals surface area contributed by atoms with Gasteiger partial charge in [-0.2, -0.15) is 5.10 Å². The van der Waals surface area contributed by atoms with E-state index >= 15 is 0 Å². The summed E-state index contributed by atoms with van der Waals surface area (Å²) in [6.07, 6.45) is 0. The molecular formula is C15H16N2O2. The summed E-state index contributed by atoms with van der Waals surface area (Å²) in [5.41, 5.74) is 5.39. The van der Waals surface area contributed by atoms with Gasteiger partial charge in [0.15, 0.2) is 5.76 Å². The van der Waals surface area contributed by atoms with E-state index < -0.39 is 0 Å². The van der Waals surface area contributed by atoms with Crippen LogP contribution in [0.4, 0.5) is 0 Å². The van der Waals surface area contributed by atoms with Gasteiger partial charge in [-0.05, 0) is 38.5 Å². The highest BCUT2D eigenvalue weighted by atomic mass is 16.3. The van der Waals surface area contributed by atoms with E-state index in [-0.39, 0.29) is 11.7 Å². The third-order valence-corrected chi connectivity index (χ3v) is 2.76. The molecule has 0 aliphatic rings. The maximum absolute atomic E-state index is 11.7. The fourth-order valence-corrected chi connectivity index (χ4v) is 1.61. The van der Waals surface area contributed by atoms with Crippen molar-refractivity contribution in [3.8, 4) is 0 Å². The highest BCUT2D eigenvalue weighted by Crippen LogP contribution is 2.07. The first-order chi connectivity index (χ1) is 9.06. The molecule has 0 bridgehead atoms. The topological polar surface area (TPSA) is 54.6 Å². The molecule has 4 nitrogen and oxygen atoms in total. The van der Waals surface area contributed by atoms with Crippen LogP contribution in [0.1, 0.15) is 34.4 Å². The van der Waals surface area contributed by atoms with Crippen LogP contribution in [0.5, 0.6) is 0 Å². The average molecular weight is 256 g/mol. The van der Waals surface area contributed by atoms with Gasteiger partial charge < -0.3 is 4.42 Å². The highest BCUT2D eigenvalue weighted by molar-refractivity contribution is 6.00. The summed E-state index contributed by atoms with van der Waals surface area (Å²) in [6, 6.07) is 11.3. The van der Waals surface area contributed by atoms with Gasteiger partial charge in [-0.1, -0.05) is 29.8 Å². The number of nitrogens with one attached hydrogen (secondary N) is 1. The molecule has 0 radical (unpaired) electrons. The first-order valence-corrected chi connectivity index (χ1v) is 6.04. The quantitative estimate of drug-likeness (QED) is 0.677. The van der Waals surface area contributed by atoms with Gasteiger partial charge in [0.1, 0.15) is 5.76 Å². The fourth-order valence-electron chi connectivity index (χ4n) is 1.61. The molecule has 19 heavy (non-hydrogen) atoms. The number of furan rings is 1. The summed E-state index contributed by atoms with van der Waals surface area (Å²) in [7, 11) is 0. The maximum Gasteiger partial charge on any atom is 0.307 e. The van der Waals surface area contributed by atoms with Crippen molar-refractivity contribution in [3.63, 3.8) is 0 Å². The van der Waals surface area contributed by atoms with Gasteiger partial charge in [-0.3, -0.25) is 4.79 Å². The molecule has 0 saturated carbocycles. The van der Waals surface area contributed by atoms with Gasteiger partial charge in [0.25, 0.3) is 0 Å². The number of hydrogen-bond acceptors (Lipinski definition) is 3. The second-order valence-electron chi connectivity index (χ2n) is 4.41. The van der Waals surface area contributed by atoms with Crippen LogP contribution < -0.4 is 5.43 Å². The standard InChI is InChI=1S/C15H16N2O2/c1-10-4-7-13(8-5-10)12(3)16-17-15(18)14-9-6-11(2)19-14/h4-9H,1-3H3,(H,17,18)/b16-12-. The van der Waals surface area contributed by atoms with Gasteiger partial charge in [0, 0.05) is 0 Å². The zero-order valence-electron chi connectivity index (χ0n) is 11.2. The van der Waals surface area contributed by atoms with Crippen LogP contribution in [0.2, 0.25) is 0 Å². The lowest BCUT2D eigenvalue weighted by Gasteiger charge is -2.02. The van der Waals surface area contributed by atoms with Crippen molar-refractivity contribution in [3.05, 3.63) is 59.0 Å². The van der Waals surface area contributed by atoms with Gasteiger partial charge in [-0.25, -0.2) is 5.43 Å². The second kappa shape index (κ2) is 5.52. The van der Waals surface area contributed by atoms with Crippen LogP contribution in [-0.2, 0) is 0 Å². The van der Waals surface area contributed by atoms with E-state index in [1.807, 2.05) is 38.1 Å². The number of nitrogens with zero attached hydrogens (tertiary/aromatic N) is 1. The number of amides is 1. The van der Waals surface area contributed by atoms with Crippen LogP contribution in [0, 0.1) is 13.8 Å². The SMILES string of the molecule is C/C(=N/NC(=O)c1ccc(C)o1)c1ccc(C)cc1. The molecule has 2 aromatic rings. The first-order valence-electron chi connectivity index (χ1n) is 6.04. The maximum atomic E-state index is 11.7. The number of carbonyl (C=O) groups is 1. The molecule has 0 unspecified atom stereocenters. The monoisotopic (exact) mass is 256 g/mol. The molecule has 1 aromatic heterocycles. The van der Waals surface area contributed by atoms with Crippen LogP contribution in [0.15, 0.2) is 45.9 Å². The third-order valence-electron chi connectivity index (χ3n) is 2.76. The summed E-state index contributed by atoms with van der Waals surface area (Å²) < 4.78 is 5.22. The zero-order chi connectivity index (χ0) is 13.8. The largest absolute Gasteiger partial charge is 0.456 e. The molecule has 0 atom stereocenters. The Labute approximate surface area is 112 Å². The molecule has 1 N–H and O–H groups in total. The molecule has 0 fully saturated rings. The lowest BCUT2D eigenvalue weighted by atomic mass is 10.1. The minimum absolute atomic E-state index is 0.262.